The minimum absolute atomic E-state index is 0.0936. The van der Waals surface area contributed by atoms with Gasteiger partial charge in [-0.1, -0.05) is 18.2 Å². The van der Waals surface area contributed by atoms with Crippen LogP contribution in [-0.4, -0.2) is 31.1 Å². The van der Waals surface area contributed by atoms with Crippen LogP contribution in [0, 0.1) is 0 Å². The summed E-state index contributed by atoms with van der Waals surface area (Å²) < 4.78 is 5.69. The Balaban J connectivity index is 1.41. The van der Waals surface area contributed by atoms with Crippen molar-refractivity contribution in [2.75, 3.05) is 23.3 Å². The van der Waals surface area contributed by atoms with E-state index < -0.39 is 6.10 Å². The molecule has 1 saturated heterocycles. The Hall–Kier alpha value is -3.02. The van der Waals surface area contributed by atoms with Crippen molar-refractivity contribution in [3.8, 4) is 5.75 Å². The number of fused-ring (bicyclic) bond motifs is 1. The lowest BCUT2D eigenvalue weighted by atomic mass is 10.1. The number of ether oxygens (including phenoxy) is 1. The van der Waals surface area contributed by atoms with Gasteiger partial charge in [-0.25, -0.2) is 4.79 Å². The summed E-state index contributed by atoms with van der Waals surface area (Å²) in [7, 11) is 0. The molecule has 2 aliphatic rings. The molecule has 0 aromatic heterocycles. The van der Waals surface area contributed by atoms with Gasteiger partial charge in [-0.3, -0.25) is 9.69 Å². The lowest BCUT2D eigenvalue weighted by molar-refractivity contribution is -0.122. The van der Waals surface area contributed by atoms with E-state index in [1.54, 1.807) is 17.0 Å². The van der Waals surface area contributed by atoms with Crippen molar-refractivity contribution < 1.29 is 14.3 Å². The van der Waals surface area contributed by atoms with Crippen molar-refractivity contribution in [2.45, 2.75) is 12.5 Å². The first kappa shape index (κ1) is 14.6. The van der Waals surface area contributed by atoms with Crippen molar-refractivity contribution >= 4 is 23.3 Å². The van der Waals surface area contributed by atoms with Crippen molar-refractivity contribution in [1.29, 1.82) is 0 Å². The Morgan fingerprint density at radius 3 is 2.67 bits per heavy atom. The number of anilines is 2. The molecule has 0 aliphatic carbocycles. The van der Waals surface area contributed by atoms with Gasteiger partial charge in [0.05, 0.1) is 0 Å². The molecule has 1 atom stereocenters. The highest BCUT2D eigenvalue weighted by molar-refractivity contribution is 5.96. The Kier molecular flexibility index (Phi) is 3.57. The third-order valence-corrected chi connectivity index (χ3v) is 4.24. The van der Waals surface area contributed by atoms with Crippen LogP contribution in [-0.2, 0) is 11.2 Å². The van der Waals surface area contributed by atoms with Gasteiger partial charge in [0.15, 0.2) is 6.10 Å². The largest absolute Gasteiger partial charge is 0.480 e. The zero-order chi connectivity index (χ0) is 16.5. The third-order valence-electron chi connectivity index (χ3n) is 4.24. The molecule has 2 aromatic carbocycles. The minimum atomic E-state index is -0.508. The second-order valence-electron chi connectivity index (χ2n) is 5.84. The summed E-state index contributed by atoms with van der Waals surface area (Å²) in [4.78, 5) is 25.7. The van der Waals surface area contributed by atoms with E-state index in [4.69, 9.17) is 4.74 Å². The molecule has 1 fully saturated rings. The molecule has 2 heterocycles. The fraction of sp³-hybridized carbons (Fsp3) is 0.222. The normalized spacial score (nSPS) is 18.8. The van der Waals surface area contributed by atoms with Crippen LogP contribution in [0.1, 0.15) is 5.56 Å². The molecule has 2 aliphatic heterocycles. The first-order valence-corrected chi connectivity index (χ1v) is 7.91. The molecule has 1 unspecified atom stereocenters. The van der Waals surface area contributed by atoms with Crippen LogP contribution in [0.15, 0.2) is 48.5 Å². The van der Waals surface area contributed by atoms with Gasteiger partial charge in [0.25, 0.3) is 5.91 Å². The number of urea groups is 1. The van der Waals surface area contributed by atoms with Gasteiger partial charge in [-0.15, -0.1) is 0 Å². The molecule has 6 nitrogen and oxygen atoms in total. The molecule has 0 radical (unpaired) electrons. The molecule has 0 saturated carbocycles. The maximum atomic E-state index is 12.4. The van der Waals surface area contributed by atoms with E-state index in [2.05, 4.69) is 10.6 Å². The molecule has 0 bridgehead atoms. The zero-order valence-electron chi connectivity index (χ0n) is 13.0. The van der Waals surface area contributed by atoms with Crippen LogP contribution in [0.2, 0.25) is 0 Å². The summed E-state index contributed by atoms with van der Waals surface area (Å²) in [6, 6.07) is 14.8. The Bertz CT molecular complexity index is 763. The quantitative estimate of drug-likeness (QED) is 0.909. The molecule has 3 amide bonds. The zero-order valence-corrected chi connectivity index (χ0v) is 13.0. The standard InChI is InChI=1S/C18H17N3O3/c22-17(16-11-12-3-1-2-4-15(12)24-16)20-13-5-7-14(8-6-13)21-10-9-19-18(21)23/h1-8,16H,9-11H2,(H,19,23)(H,20,22). The predicted molar refractivity (Wildman–Crippen MR) is 90.4 cm³/mol. The lowest BCUT2D eigenvalue weighted by Crippen LogP contribution is -2.31. The summed E-state index contributed by atoms with van der Waals surface area (Å²) in [5, 5.41) is 5.63. The molecular formula is C18H17N3O3. The highest BCUT2D eigenvalue weighted by atomic mass is 16.5. The first-order chi connectivity index (χ1) is 11.7. The van der Waals surface area contributed by atoms with Crippen molar-refractivity contribution in [2.24, 2.45) is 0 Å². The Morgan fingerprint density at radius 2 is 1.96 bits per heavy atom. The van der Waals surface area contributed by atoms with Crippen LogP contribution >= 0.6 is 0 Å². The Morgan fingerprint density at radius 1 is 1.17 bits per heavy atom. The number of nitrogens with one attached hydrogen (secondary N) is 2. The van der Waals surface area contributed by atoms with Crippen LogP contribution < -0.4 is 20.3 Å². The number of carbonyl (C=O) groups excluding carboxylic acids is 2. The van der Waals surface area contributed by atoms with Crippen molar-refractivity contribution in [1.82, 2.24) is 5.32 Å². The molecule has 122 valence electrons. The SMILES string of the molecule is O=C(Nc1ccc(N2CCNC2=O)cc1)C1Cc2ccccc2O1. The highest BCUT2D eigenvalue weighted by Gasteiger charge is 2.28. The number of para-hydroxylation sites is 1. The van der Waals surface area contributed by atoms with Gasteiger partial charge >= 0.3 is 6.03 Å². The molecule has 24 heavy (non-hydrogen) atoms. The molecule has 6 heteroatoms. The minimum Gasteiger partial charge on any atom is -0.480 e. The fourth-order valence-corrected chi connectivity index (χ4v) is 2.99. The summed E-state index contributed by atoms with van der Waals surface area (Å²) >= 11 is 0. The number of benzene rings is 2. The molecule has 2 aromatic rings. The first-order valence-electron chi connectivity index (χ1n) is 7.91. The lowest BCUT2D eigenvalue weighted by Gasteiger charge is -2.15. The van der Waals surface area contributed by atoms with E-state index in [0.29, 0.717) is 25.2 Å². The number of nitrogens with zero attached hydrogens (tertiary/aromatic N) is 1. The van der Waals surface area contributed by atoms with Gasteiger partial charge in [-0.2, -0.15) is 0 Å². The van der Waals surface area contributed by atoms with Crippen LogP contribution in [0.5, 0.6) is 5.75 Å². The van der Waals surface area contributed by atoms with E-state index >= 15 is 0 Å². The van der Waals surface area contributed by atoms with E-state index in [0.717, 1.165) is 17.0 Å². The molecule has 2 N–H and O–H groups in total. The van der Waals surface area contributed by atoms with Gasteiger partial charge in [0, 0.05) is 30.9 Å². The molecule has 0 spiro atoms. The van der Waals surface area contributed by atoms with Gasteiger partial charge in [0.2, 0.25) is 0 Å². The summed E-state index contributed by atoms with van der Waals surface area (Å²) in [5.41, 5.74) is 2.54. The summed E-state index contributed by atoms with van der Waals surface area (Å²) in [5.74, 6) is 0.603. The van der Waals surface area contributed by atoms with E-state index in [9.17, 15) is 9.59 Å². The number of rotatable bonds is 3. The maximum absolute atomic E-state index is 12.4. The van der Waals surface area contributed by atoms with Crippen LogP contribution in [0.25, 0.3) is 0 Å². The van der Waals surface area contributed by atoms with Gasteiger partial charge in [-0.05, 0) is 35.9 Å². The Labute approximate surface area is 139 Å². The predicted octanol–water partition coefficient (Wildman–Crippen LogP) is 2.16. The molecule has 4 rings (SSSR count). The van der Waals surface area contributed by atoms with Crippen molar-refractivity contribution in [3.63, 3.8) is 0 Å². The summed E-state index contributed by atoms with van der Waals surface area (Å²) in [6.45, 7) is 1.30. The number of amides is 3. The average molecular weight is 323 g/mol. The van der Waals surface area contributed by atoms with Gasteiger partial charge in [0.1, 0.15) is 5.75 Å². The van der Waals surface area contributed by atoms with E-state index in [1.165, 1.54) is 0 Å². The highest BCUT2D eigenvalue weighted by Crippen LogP contribution is 2.29. The third kappa shape index (κ3) is 2.67. The van der Waals surface area contributed by atoms with E-state index in [1.807, 2.05) is 36.4 Å². The summed E-state index contributed by atoms with van der Waals surface area (Å²) in [6.07, 6.45) is 0.0695. The van der Waals surface area contributed by atoms with E-state index in [-0.39, 0.29) is 11.9 Å². The second kappa shape index (κ2) is 5.88. The average Bonchev–Trinajstić information content (AvgIpc) is 3.21. The van der Waals surface area contributed by atoms with Crippen molar-refractivity contribution in [3.05, 3.63) is 54.1 Å². The fourth-order valence-electron chi connectivity index (χ4n) is 2.99. The second-order valence-corrected chi connectivity index (χ2v) is 5.84. The van der Waals surface area contributed by atoms with Crippen LogP contribution in [0.3, 0.4) is 0 Å². The van der Waals surface area contributed by atoms with Crippen LogP contribution in [0.4, 0.5) is 16.2 Å². The number of hydrogen-bond acceptors (Lipinski definition) is 3. The number of hydrogen-bond donors (Lipinski definition) is 2. The maximum Gasteiger partial charge on any atom is 0.321 e. The monoisotopic (exact) mass is 323 g/mol. The molecular weight excluding hydrogens is 306 g/mol. The number of carbonyl (C=O) groups is 2. The van der Waals surface area contributed by atoms with Gasteiger partial charge < -0.3 is 15.4 Å². The topological polar surface area (TPSA) is 70.7 Å². The smallest absolute Gasteiger partial charge is 0.321 e.